The lowest BCUT2D eigenvalue weighted by atomic mass is 10.2. The Kier molecular flexibility index (Phi) is 17.2. The van der Waals surface area contributed by atoms with Crippen LogP contribution in [0, 0.1) is 0 Å². The molecule has 0 spiro atoms. The number of halogens is 1. The van der Waals surface area contributed by atoms with Crippen LogP contribution in [0.2, 0.25) is 0 Å². The largest absolute Gasteiger partial charge is 0.316 e. The number of rotatable bonds is 5. The molecule has 0 amide bonds. The number of hydrogen-bond acceptors (Lipinski definition) is 0. The van der Waals surface area contributed by atoms with Gasteiger partial charge in [-0.25, -0.2) is 0 Å². The van der Waals surface area contributed by atoms with Crippen LogP contribution in [0.4, 0.5) is 0 Å². The molecule has 58 valence electrons. The third-order valence-corrected chi connectivity index (χ3v) is 1.69. The summed E-state index contributed by atoms with van der Waals surface area (Å²) in [4.78, 5) is 1.94. The van der Waals surface area contributed by atoms with Crippen molar-refractivity contribution in [1.29, 1.82) is 0 Å². The summed E-state index contributed by atoms with van der Waals surface area (Å²) in [6, 6.07) is 0. The van der Waals surface area contributed by atoms with Crippen molar-refractivity contribution >= 4 is 39.0 Å². The number of allylic oxidation sites excluding steroid dienone is 1. The third kappa shape index (κ3) is 11.7. The highest BCUT2D eigenvalue weighted by Crippen LogP contribution is 2.03. The van der Waals surface area contributed by atoms with E-state index in [2.05, 4.69) is 28.9 Å². The third-order valence-electron chi connectivity index (χ3n) is 1.31. The molecule has 0 heterocycles. The monoisotopic (exact) mass is 216 g/mol. The van der Waals surface area contributed by atoms with Gasteiger partial charge in [-0.2, -0.15) is 0 Å². The zero-order valence-corrected chi connectivity index (χ0v) is 7.65. The first-order valence-corrected chi connectivity index (χ1v) is 4.58. The van der Waals surface area contributed by atoms with Gasteiger partial charge in [-0.1, -0.05) is 48.2 Å². The highest BCUT2D eigenvalue weighted by Gasteiger charge is 1.82. The normalized spacial score (nSPS) is 9.80. The molecule has 10 heavy (non-hydrogen) atoms. The predicted octanol–water partition coefficient (Wildman–Crippen LogP) is 2.95. The molecule has 0 saturated carbocycles. The highest BCUT2D eigenvalue weighted by molar-refractivity contribution is 9.11. The standard InChI is InChI=1S/C8H15Br.Mg.2H/c1-2-3-4-5-6-7-8-9;;;/h7-8H,2-6H2,1H3;;;/b8-7+;;;. The van der Waals surface area contributed by atoms with Crippen LogP contribution in [0.3, 0.4) is 0 Å². The van der Waals surface area contributed by atoms with Gasteiger partial charge >= 0.3 is 23.1 Å². The van der Waals surface area contributed by atoms with Crippen LogP contribution in [0.1, 0.15) is 39.0 Å². The minimum atomic E-state index is 0. The first-order valence-electron chi connectivity index (χ1n) is 3.67. The van der Waals surface area contributed by atoms with Crippen LogP contribution in [-0.2, 0) is 0 Å². The maximum atomic E-state index is 3.24. The molecule has 0 aromatic rings. The van der Waals surface area contributed by atoms with Gasteiger partial charge in [-0.05, 0) is 17.8 Å². The van der Waals surface area contributed by atoms with Crippen molar-refractivity contribution in [3.8, 4) is 0 Å². The SMILES string of the molecule is CCCCCC/C=C/Br.[MgH2]. The van der Waals surface area contributed by atoms with E-state index in [-0.39, 0.29) is 23.1 Å². The smallest absolute Gasteiger partial charge is 0.0776 e. The predicted molar refractivity (Wildman–Crippen MR) is 55.4 cm³/mol. The summed E-state index contributed by atoms with van der Waals surface area (Å²) in [5, 5.41) is 0. The summed E-state index contributed by atoms with van der Waals surface area (Å²) in [5.41, 5.74) is 0. The zero-order valence-electron chi connectivity index (χ0n) is 6.07. The van der Waals surface area contributed by atoms with Gasteiger partial charge < -0.3 is 0 Å². The van der Waals surface area contributed by atoms with Crippen LogP contribution in [-0.4, -0.2) is 23.1 Å². The zero-order chi connectivity index (χ0) is 6.95. The van der Waals surface area contributed by atoms with E-state index in [1.807, 2.05) is 4.99 Å². The molecule has 0 nitrogen and oxygen atoms in total. The van der Waals surface area contributed by atoms with Crippen LogP contribution >= 0.6 is 15.9 Å². The lowest BCUT2D eigenvalue weighted by Crippen LogP contribution is -1.72. The molecule has 0 aromatic heterocycles. The Hall–Kier alpha value is 0.986. The lowest BCUT2D eigenvalue weighted by Gasteiger charge is -1.92. The van der Waals surface area contributed by atoms with E-state index in [9.17, 15) is 0 Å². The van der Waals surface area contributed by atoms with E-state index in [0.29, 0.717) is 0 Å². The Morgan fingerprint density at radius 2 is 1.90 bits per heavy atom. The average Bonchev–Trinajstić information content (AvgIpc) is 1.89. The van der Waals surface area contributed by atoms with Crippen LogP contribution in [0.15, 0.2) is 11.1 Å². The Bertz CT molecular complexity index is 71.7. The van der Waals surface area contributed by atoms with Gasteiger partial charge in [0, 0.05) is 0 Å². The molecular formula is C8H17BrMg. The first kappa shape index (κ1) is 13.6. The minimum Gasteiger partial charge on any atom is -0.0776 e. The molecule has 0 atom stereocenters. The van der Waals surface area contributed by atoms with Gasteiger partial charge in [0.25, 0.3) is 0 Å². The van der Waals surface area contributed by atoms with Crippen molar-refractivity contribution in [2.45, 2.75) is 39.0 Å². The van der Waals surface area contributed by atoms with E-state index >= 15 is 0 Å². The summed E-state index contributed by atoms with van der Waals surface area (Å²) < 4.78 is 0. The molecule has 0 saturated heterocycles. The quantitative estimate of drug-likeness (QED) is 0.491. The van der Waals surface area contributed by atoms with Gasteiger partial charge in [-0.15, -0.1) is 0 Å². The minimum absolute atomic E-state index is 0. The van der Waals surface area contributed by atoms with Crippen LogP contribution in [0.25, 0.3) is 0 Å². The summed E-state index contributed by atoms with van der Waals surface area (Å²) in [6.45, 7) is 2.24. The average molecular weight is 217 g/mol. The van der Waals surface area contributed by atoms with E-state index in [1.54, 1.807) is 0 Å². The van der Waals surface area contributed by atoms with E-state index in [4.69, 9.17) is 0 Å². The summed E-state index contributed by atoms with van der Waals surface area (Å²) in [6.07, 6.45) is 8.83. The number of hydrogen-bond donors (Lipinski definition) is 0. The van der Waals surface area contributed by atoms with E-state index in [0.717, 1.165) is 0 Å². The van der Waals surface area contributed by atoms with E-state index in [1.165, 1.54) is 32.1 Å². The first-order chi connectivity index (χ1) is 4.41. The Morgan fingerprint density at radius 3 is 2.40 bits per heavy atom. The summed E-state index contributed by atoms with van der Waals surface area (Å²) in [7, 11) is 0. The molecule has 0 bridgehead atoms. The summed E-state index contributed by atoms with van der Waals surface area (Å²) in [5.74, 6) is 0. The van der Waals surface area contributed by atoms with Gasteiger partial charge in [0.15, 0.2) is 0 Å². The maximum Gasteiger partial charge on any atom is 0.316 e. The fourth-order valence-corrected chi connectivity index (χ4v) is 1.02. The van der Waals surface area contributed by atoms with Crippen molar-refractivity contribution in [2.24, 2.45) is 0 Å². The Morgan fingerprint density at radius 1 is 1.20 bits per heavy atom. The van der Waals surface area contributed by atoms with Gasteiger partial charge in [-0.3, -0.25) is 0 Å². The molecule has 0 unspecified atom stereocenters. The summed E-state index contributed by atoms with van der Waals surface area (Å²) >= 11 is 3.24. The molecule has 0 N–H and O–H groups in total. The van der Waals surface area contributed by atoms with Gasteiger partial charge in [0.1, 0.15) is 0 Å². The molecular weight excluding hydrogens is 200 g/mol. The molecule has 0 aliphatic rings. The number of unbranched alkanes of at least 4 members (excludes halogenated alkanes) is 4. The Balaban J connectivity index is 0. The topological polar surface area (TPSA) is 0 Å². The van der Waals surface area contributed by atoms with Crippen molar-refractivity contribution in [1.82, 2.24) is 0 Å². The van der Waals surface area contributed by atoms with Crippen molar-refractivity contribution < 1.29 is 0 Å². The Labute approximate surface area is 88.7 Å². The lowest BCUT2D eigenvalue weighted by molar-refractivity contribution is 0.675. The molecule has 2 heteroatoms. The second-order valence-electron chi connectivity index (χ2n) is 2.21. The maximum absolute atomic E-state index is 3.24. The fraction of sp³-hybridized carbons (Fsp3) is 0.750. The second-order valence-corrected chi connectivity index (χ2v) is 2.74. The molecule has 0 radical (unpaired) electrons. The molecule has 0 aliphatic carbocycles. The van der Waals surface area contributed by atoms with Gasteiger partial charge in [0.05, 0.1) is 0 Å². The fourth-order valence-electron chi connectivity index (χ4n) is 0.752. The second kappa shape index (κ2) is 12.6. The van der Waals surface area contributed by atoms with Crippen molar-refractivity contribution in [3.05, 3.63) is 11.1 Å². The van der Waals surface area contributed by atoms with Crippen molar-refractivity contribution in [2.75, 3.05) is 0 Å². The molecule has 0 aliphatic heterocycles. The highest BCUT2D eigenvalue weighted by atomic mass is 79.9. The van der Waals surface area contributed by atoms with Gasteiger partial charge in [0.2, 0.25) is 0 Å². The van der Waals surface area contributed by atoms with E-state index < -0.39 is 0 Å². The molecule has 0 aromatic carbocycles. The van der Waals surface area contributed by atoms with Crippen molar-refractivity contribution in [3.63, 3.8) is 0 Å². The molecule has 0 rings (SSSR count). The molecule has 0 fully saturated rings. The van der Waals surface area contributed by atoms with Crippen LogP contribution < -0.4 is 0 Å². The van der Waals surface area contributed by atoms with Crippen LogP contribution in [0.5, 0.6) is 0 Å².